The van der Waals surface area contributed by atoms with Crippen molar-refractivity contribution in [1.82, 2.24) is 26.2 Å². The molecule has 0 bridgehead atoms. The van der Waals surface area contributed by atoms with Gasteiger partial charge in [0.25, 0.3) is 0 Å². The summed E-state index contributed by atoms with van der Waals surface area (Å²) >= 11 is 0. The van der Waals surface area contributed by atoms with Crippen molar-refractivity contribution in [2.75, 3.05) is 39.9 Å². The number of hydrogen-bond donors (Lipinski definition) is 7. The minimum absolute atomic E-state index is 0.102. The van der Waals surface area contributed by atoms with E-state index in [-0.39, 0.29) is 44.7 Å². The third-order valence-corrected chi connectivity index (χ3v) is 10.4. The summed E-state index contributed by atoms with van der Waals surface area (Å²) in [6.45, 7) is 7.51. The zero-order valence-electron chi connectivity index (χ0n) is 32.5. The molecule has 7 atom stereocenters. The lowest BCUT2D eigenvalue weighted by Crippen LogP contribution is -2.62. The first-order valence-electron chi connectivity index (χ1n) is 19.7. The molecule has 52 heavy (non-hydrogen) atoms. The smallest absolute Gasteiger partial charge is 0.245 e. The van der Waals surface area contributed by atoms with E-state index in [4.69, 9.17) is 26.7 Å². The molecule has 15 nitrogen and oxygen atoms in total. The zero-order chi connectivity index (χ0) is 38.6. The van der Waals surface area contributed by atoms with Gasteiger partial charge in [-0.25, -0.2) is 0 Å². The molecule has 5 amide bonds. The van der Waals surface area contributed by atoms with Gasteiger partial charge in [0.1, 0.15) is 24.2 Å². The summed E-state index contributed by atoms with van der Waals surface area (Å²) in [7, 11) is 1.63. The highest BCUT2D eigenvalue weighted by Gasteiger charge is 2.38. The molecule has 2 aliphatic rings. The molecule has 0 aromatic carbocycles. The SMILES string of the molecule is CCCCCC[C@H]1OC[C@@H](C)NC(=O)[C@H](COC(CN)CN)NC(=O)[C@H](CN)NC(=O)C(C2CCCCCC2)NC(=O)[C@H](CCC)N(C)C(=O)[C@@H]1C. The molecule has 10 N–H and O–H groups in total. The van der Waals surface area contributed by atoms with Gasteiger partial charge in [0, 0.05) is 32.7 Å². The van der Waals surface area contributed by atoms with Crippen LogP contribution in [0.4, 0.5) is 0 Å². The summed E-state index contributed by atoms with van der Waals surface area (Å²) in [5, 5.41) is 11.4. The molecule has 300 valence electrons. The van der Waals surface area contributed by atoms with Crippen LogP contribution in [0, 0.1) is 11.8 Å². The van der Waals surface area contributed by atoms with Crippen LogP contribution in [0.1, 0.15) is 111 Å². The van der Waals surface area contributed by atoms with Gasteiger partial charge in [-0.05, 0) is 38.5 Å². The van der Waals surface area contributed by atoms with Gasteiger partial charge in [-0.3, -0.25) is 24.0 Å². The number of nitrogens with two attached hydrogens (primary N) is 3. The number of carbonyl (C=O) groups is 5. The Balaban J connectivity index is 2.56. The van der Waals surface area contributed by atoms with E-state index in [1.54, 1.807) is 14.0 Å². The number of nitrogens with zero attached hydrogens (tertiary/aromatic N) is 1. The molecule has 1 aliphatic heterocycles. The Labute approximate surface area is 311 Å². The van der Waals surface area contributed by atoms with Gasteiger partial charge in [0.2, 0.25) is 29.5 Å². The van der Waals surface area contributed by atoms with Gasteiger partial charge in [-0.15, -0.1) is 0 Å². The molecule has 15 heteroatoms. The van der Waals surface area contributed by atoms with Crippen molar-refractivity contribution in [2.45, 2.75) is 154 Å². The first kappa shape index (κ1) is 45.3. The highest BCUT2D eigenvalue weighted by Crippen LogP contribution is 2.27. The summed E-state index contributed by atoms with van der Waals surface area (Å²) in [4.78, 5) is 71.1. The maximum absolute atomic E-state index is 14.1. The number of unbranched alkanes of at least 4 members (excludes halogenated alkanes) is 3. The lowest BCUT2D eigenvalue weighted by atomic mass is 9.90. The van der Waals surface area contributed by atoms with Crippen molar-refractivity contribution < 1.29 is 33.4 Å². The van der Waals surface area contributed by atoms with Crippen LogP contribution in [0.25, 0.3) is 0 Å². The molecular weight excluding hydrogens is 668 g/mol. The Kier molecular flexibility index (Phi) is 21.3. The van der Waals surface area contributed by atoms with Crippen LogP contribution in [-0.4, -0.2) is 117 Å². The molecule has 0 aromatic heterocycles. The first-order valence-corrected chi connectivity index (χ1v) is 19.7. The maximum atomic E-state index is 14.1. The summed E-state index contributed by atoms with van der Waals surface area (Å²) in [5.74, 6) is -3.17. The van der Waals surface area contributed by atoms with E-state index in [1.807, 2.05) is 13.8 Å². The number of nitrogens with one attached hydrogen (secondary N) is 4. The molecule has 1 unspecified atom stereocenters. The summed E-state index contributed by atoms with van der Waals surface area (Å²) in [6.07, 6.45) is 9.93. The number of carbonyl (C=O) groups excluding carboxylic acids is 5. The van der Waals surface area contributed by atoms with E-state index < -0.39 is 72.0 Å². The second kappa shape index (κ2) is 24.5. The first-order chi connectivity index (χ1) is 24.9. The van der Waals surface area contributed by atoms with E-state index in [0.717, 1.165) is 64.2 Å². The molecule has 1 saturated carbocycles. The predicted molar refractivity (Wildman–Crippen MR) is 201 cm³/mol. The van der Waals surface area contributed by atoms with Crippen LogP contribution in [0.5, 0.6) is 0 Å². The molecule has 1 heterocycles. The van der Waals surface area contributed by atoms with Crippen molar-refractivity contribution in [3.05, 3.63) is 0 Å². The Morgan fingerprint density at radius 2 is 1.40 bits per heavy atom. The molecule has 0 radical (unpaired) electrons. The molecule has 0 aromatic rings. The highest BCUT2D eigenvalue weighted by molar-refractivity contribution is 5.96. The normalized spacial score (nSPS) is 28.6. The fourth-order valence-corrected chi connectivity index (χ4v) is 7.01. The van der Waals surface area contributed by atoms with Gasteiger partial charge < -0.3 is 52.8 Å². The standard InChI is InChI=1S/C37H70N8O7/c1-6-8-9-14-18-31-25(4)37(50)45(5)30(15-7-2)35(48)44-32(26-16-12-10-11-13-17-26)36(49)42-28(21-40)33(46)43-29(23-51-27(19-38)20-39)34(47)41-24(3)22-52-31/h24-32H,6-23,38-40H2,1-5H3,(H,41,47)(H,42,49)(H,43,46)(H,44,48)/t24-,25-,28+,29+,30+,31-,32?/m1/s1. The van der Waals surface area contributed by atoms with Crippen molar-refractivity contribution in [1.29, 1.82) is 0 Å². The molecule has 2 rings (SSSR count). The number of ether oxygens (including phenoxy) is 2. The Morgan fingerprint density at radius 1 is 0.769 bits per heavy atom. The topological polar surface area (TPSA) is 233 Å². The Bertz CT molecular complexity index is 1100. The van der Waals surface area contributed by atoms with Crippen LogP contribution in [0.2, 0.25) is 0 Å². The minimum Gasteiger partial charge on any atom is -0.375 e. The van der Waals surface area contributed by atoms with E-state index in [1.165, 1.54) is 4.90 Å². The lowest BCUT2D eigenvalue weighted by Gasteiger charge is -2.34. The van der Waals surface area contributed by atoms with Gasteiger partial charge in [0.05, 0.1) is 31.3 Å². The molecule has 1 saturated heterocycles. The predicted octanol–water partition coefficient (Wildman–Crippen LogP) is 0.810. The monoisotopic (exact) mass is 739 g/mol. The van der Waals surface area contributed by atoms with E-state index in [0.29, 0.717) is 19.3 Å². The minimum atomic E-state index is -1.21. The third-order valence-electron chi connectivity index (χ3n) is 10.4. The molecule has 1 aliphatic carbocycles. The number of rotatable bonds is 14. The summed E-state index contributed by atoms with van der Waals surface area (Å²) in [5.41, 5.74) is 17.5. The fourth-order valence-electron chi connectivity index (χ4n) is 7.01. The maximum Gasteiger partial charge on any atom is 0.245 e. The summed E-state index contributed by atoms with van der Waals surface area (Å²) < 4.78 is 12.1. The molecule has 2 fully saturated rings. The van der Waals surface area contributed by atoms with Gasteiger partial charge in [-0.1, -0.05) is 78.6 Å². The number of likely N-dealkylation sites (N-methyl/N-ethyl adjacent to an activating group) is 1. The van der Waals surface area contributed by atoms with Crippen LogP contribution in [0.15, 0.2) is 0 Å². The highest BCUT2D eigenvalue weighted by atomic mass is 16.5. The average molecular weight is 739 g/mol. The van der Waals surface area contributed by atoms with E-state index in [2.05, 4.69) is 28.2 Å². The molecular formula is C37H70N8O7. The van der Waals surface area contributed by atoms with Gasteiger partial charge in [0.15, 0.2) is 0 Å². The van der Waals surface area contributed by atoms with E-state index >= 15 is 0 Å². The quantitative estimate of drug-likeness (QED) is 0.0979. The summed E-state index contributed by atoms with van der Waals surface area (Å²) in [6, 6.07) is -4.66. The number of hydrogen-bond acceptors (Lipinski definition) is 10. The van der Waals surface area contributed by atoms with Crippen molar-refractivity contribution in [3.63, 3.8) is 0 Å². The van der Waals surface area contributed by atoms with Crippen LogP contribution in [-0.2, 0) is 33.4 Å². The van der Waals surface area contributed by atoms with Crippen molar-refractivity contribution >= 4 is 29.5 Å². The van der Waals surface area contributed by atoms with E-state index in [9.17, 15) is 24.0 Å². The van der Waals surface area contributed by atoms with Crippen LogP contribution >= 0.6 is 0 Å². The Morgan fingerprint density at radius 3 is 2.00 bits per heavy atom. The Hall–Kier alpha value is -2.85. The molecule has 0 spiro atoms. The fraction of sp³-hybridized carbons (Fsp3) is 0.865. The van der Waals surface area contributed by atoms with Crippen molar-refractivity contribution in [2.24, 2.45) is 29.0 Å². The van der Waals surface area contributed by atoms with Gasteiger partial charge in [-0.2, -0.15) is 0 Å². The van der Waals surface area contributed by atoms with Gasteiger partial charge >= 0.3 is 0 Å². The lowest BCUT2D eigenvalue weighted by molar-refractivity contribution is -0.147. The second-order valence-corrected chi connectivity index (χ2v) is 14.7. The van der Waals surface area contributed by atoms with Crippen molar-refractivity contribution in [3.8, 4) is 0 Å². The van der Waals surface area contributed by atoms with Crippen LogP contribution in [0.3, 0.4) is 0 Å². The second-order valence-electron chi connectivity index (χ2n) is 14.7. The average Bonchev–Trinajstić information content (AvgIpc) is 3.42. The van der Waals surface area contributed by atoms with Crippen LogP contribution < -0.4 is 38.5 Å². The largest absolute Gasteiger partial charge is 0.375 e. The third kappa shape index (κ3) is 14.5. The number of amides is 5. The zero-order valence-corrected chi connectivity index (χ0v) is 32.5.